The van der Waals surface area contributed by atoms with Crippen LogP contribution in [0.5, 0.6) is 0 Å². The molecule has 0 saturated carbocycles. The highest BCUT2D eigenvalue weighted by atomic mass is 16.6. The van der Waals surface area contributed by atoms with Crippen LogP contribution in [0.1, 0.15) is 15.9 Å². The van der Waals surface area contributed by atoms with E-state index in [0.29, 0.717) is 11.4 Å². The average molecular weight is 286 g/mol. The lowest BCUT2D eigenvalue weighted by Gasteiger charge is -2.11. The van der Waals surface area contributed by atoms with Crippen LogP contribution >= 0.6 is 0 Å². The summed E-state index contributed by atoms with van der Waals surface area (Å²) < 4.78 is 0. The smallest absolute Gasteiger partial charge is 0.270 e. The molecule has 0 heterocycles. The lowest BCUT2D eigenvalue weighted by atomic mass is 10.1. The molecule has 2 rings (SSSR count). The van der Waals surface area contributed by atoms with Crippen molar-refractivity contribution in [3.8, 4) is 0 Å². The number of nitro groups is 1. The van der Waals surface area contributed by atoms with E-state index >= 15 is 0 Å². The molecule has 21 heavy (non-hydrogen) atoms. The third kappa shape index (κ3) is 3.15. The minimum atomic E-state index is -0.565. The SMILES string of the molecule is Cc1ccccc1NC(=O)c1cc([N+](=O)[O-])ccc1NN. The Morgan fingerprint density at radius 1 is 1.19 bits per heavy atom. The minimum absolute atomic E-state index is 0.106. The minimum Gasteiger partial charge on any atom is -0.323 e. The van der Waals surface area contributed by atoms with Gasteiger partial charge in [0.2, 0.25) is 0 Å². The van der Waals surface area contributed by atoms with E-state index in [4.69, 9.17) is 5.84 Å². The van der Waals surface area contributed by atoms with Gasteiger partial charge in [0.25, 0.3) is 11.6 Å². The van der Waals surface area contributed by atoms with Crippen LogP contribution in [0, 0.1) is 17.0 Å². The quantitative estimate of drug-likeness (QED) is 0.454. The number of nitrogens with zero attached hydrogens (tertiary/aromatic N) is 1. The highest BCUT2D eigenvalue weighted by Crippen LogP contribution is 2.23. The Morgan fingerprint density at radius 2 is 1.90 bits per heavy atom. The molecular formula is C14H14N4O3. The molecule has 0 aromatic heterocycles. The second kappa shape index (κ2) is 6.02. The van der Waals surface area contributed by atoms with E-state index in [2.05, 4.69) is 10.7 Å². The summed E-state index contributed by atoms with van der Waals surface area (Å²) in [6, 6.07) is 11.1. The molecule has 0 aliphatic heterocycles. The predicted octanol–water partition coefficient (Wildman–Crippen LogP) is 2.44. The first-order valence-corrected chi connectivity index (χ1v) is 6.15. The first-order valence-electron chi connectivity index (χ1n) is 6.15. The highest BCUT2D eigenvalue weighted by Gasteiger charge is 2.17. The van der Waals surface area contributed by atoms with E-state index in [-0.39, 0.29) is 11.3 Å². The van der Waals surface area contributed by atoms with Gasteiger partial charge in [-0.25, -0.2) is 0 Å². The number of hydrogen-bond acceptors (Lipinski definition) is 5. The van der Waals surface area contributed by atoms with Crippen molar-refractivity contribution in [1.82, 2.24) is 0 Å². The van der Waals surface area contributed by atoms with Crippen LogP contribution in [0.2, 0.25) is 0 Å². The Labute approximate surface area is 120 Å². The topological polar surface area (TPSA) is 110 Å². The molecule has 0 bridgehead atoms. The lowest BCUT2D eigenvalue weighted by molar-refractivity contribution is -0.384. The van der Waals surface area contributed by atoms with Gasteiger partial charge in [-0.05, 0) is 24.6 Å². The van der Waals surface area contributed by atoms with Crippen molar-refractivity contribution in [3.63, 3.8) is 0 Å². The number of nitrogens with one attached hydrogen (secondary N) is 2. The van der Waals surface area contributed by atoms with Crippen molar-refractivity contribution >= 4 is 23.0 Å². The van der Waals surface area contributed by atoms with Crippen molar-refractivity contribution in [2.75, 3.05) is 10.7 Å². The molecule has 0 aliphatic carbocycles. The molecule has 0 saturated heterocycles. The Hall–Kier alpha value is -2.93. The number of carbonyl (C=O) groups is 1. The van der Waals surface area contributed by atoms with Gasteiger partial charge in [0.15, 0.2) is 0 Å². The number of rotatable bonds is 4. The van der Waals surface area contributed by atoms with E-state index in [0.717, 1.165) is 5.56 Å². The van der Waals surface area contributed by atoms with Gasteiger partial charge in [-0.2, -0.15) is 0 Å². The zero-order valence-corrected chi connectivity index (χ0v) is 11.3. The Bertz CT molecular complexity index is 700. The molecule has 0 aliphatic rings. The summed E-state index contributed by atoms with van der Waals surface area (Å²) >= 11 is 0. The summed E-state index contributed by atoms with van der Waals surface area (Å²) in [5.74, 6) is 4.87. The molecule has 4 N–H and O–H groups in total. The Kier molecular flexibility index (Phi) is 4.15. The number of hydrazine groups is 1. The Balaban J connectivity index is 2.36. The summed E-state index contributed by atoms with van der Waals surface area (Å²) in [5.41, 5.74) is 4.12. The molecule has 1 amide bonds. The molecule has 7 heteroatoms. The van der Waals surface area contributed by atoms with E-state index in [9.17, 15) is 14.9 Å². The largest absolute Gasteiger partial charge is 0.323 e. The van der Waals surface area contributed by atoms with E-state index in [1.165, 1.54) is 18.2 Å². The maximum atomic E-state index is 12.3. The standard InChI is InChI=1S/C14H14N4O3/c1-9-4-2-3-5-12(9)16-14(19)11-8-10(18(20)21)6-7-13(11)17-15/h2-8,17H,15H2,1H3,(H,16,19). The van der Waals surface area contributed by atoms with Gasteiger partial charge < -0.3 is 10.7 Å². The fourth-order valence-electron chi connectivity index (χ4n) is 1.86. The van der Waals surface area contributed by atoms with Crippen LogP contribution in [0.3, 0.4) is 0 Å². The number of benzene rings is 2. The highest BCUT2D eigenvalue weighted by molar-refractivity contribution is 6.08. The average Bonchev–Trinajstić information content (AvgIpc) is 2.48. The number of nitro benzene ring substituents is 1. The second-order valence-electron chi connectivity index (χ2n) is 4.40. The third-order valence-corrected chi connectivity index (χ3v) is 3.01. The molecular weight excluding hydrogens is 272 g/mol. The summed E-state index contributed by atoms with van der Waals surface area (Å²) in [6.45, 7) is 1.85. The third-order valence-electron chi connectivity index (χ3n) is 3.01. The Morgan fingerprint density at radius 3 is 2.52 bits per heavy atom. The monoisotopic (exact) mass is 286 g/mol. The zero-order valence-electron chi connectivity index (χ0n) is 11.3. The van der Waals surface area contributed by atoms with Crippen LogP contribution in [-0.2, 0) is 0 Å². The fourth-order valence-corrected chi connectivity index (χ4v) is 1.86. The van der Waals surface area contributed by atoms with E-state index < -0.39 is 10.8 Å². The number of amides is 1. The van der Waals surface area contributed by atoms with Gasteiger partial charge in [0, 0.05) is 17.8 Å². The maximum absolute atomic E-state index is 12.3. The van der Waals surface area contributed by atoms with Crippen LogP contribution < -0.4 is 16.6 Å². The van der Waals surface area contributed by atoms with Gasteiger partial charge >= 0.3 is 0 Å². The van der Waals surface area contributed by atoms with Crippen molar-refractivity contribution in [1.29, 1.82) is 0 Å². The van der Waals surface area contributed by atoms with Crippen LogP contribution in [0.25, 0.3) is 0 Å². The maximum Gasteiger partial charge on any atom is 0.270 e. The molecule has 108 valence electrons. The lowest BCUT2D eigenvalue weighted by Crippen LogP contribution is -2.18. The predicted molar refractivity (Wildman–Crippen MR) is 80.0 cm³/mol. The molecule has 2 aromatic rings. The number of nitrogen functional groups attached to an aromatic ring is 1. The van der Waals surface area contributed by atoms with Gasteiger partial charge in [0.1, 0.15) is 0 Å². The van der Waals surface area contributed by atoms with E-state index in [1.807, 2.05) is 19.1 Å². The fraction of sp³-hybridized carbons (Fsp3) is 0.0714. The van der Waals surface area contributed by atoms with Crippen molar-refractivity contribution in [2.24, 2.45) is 5.84 Å². The van der Waals surface area contributed by atoms with Gasteiger partial charge in [-0.15, -0.1) is 0 Å². The molecule has 0 unspecified atom stereocenters. The summed E-state index contributed by atoms with van der Waals surface area (Å²) in [5, 5.41) is 13.5. The first-order chi connectivity index (χ1) is 10.0. The summed E-state index contributed by atoms with van der Waals surface area (Å²) in [6.07, 6.45) is 0. The number of anilines is 2. The number of aryl methyl sites for hydroxylation is 1. The molecule has 0 radical (unpaired) electrons. The number of nitrogens with two attached hydrogens (primary N) is 1. The van der Waals surface area contributed by atoms with Gasteiger partial charge in [0.05, 0.1) is 16.2 Å². The molecule has 0 atom stereocenters. The van der Waals surface area contributed by atoms with Gasteiger partial charge in [-0.1, -0.05) is 18.2 Å². The van der Waals surface area contributed by atoms with Crippen LogP contribution in [-0.4, -0.2) is 10.8 Å². The number of hydrogen-bond donors (Lipinski definition) is 3. The van der Waals surface area contributed by atoms with E-state index in [1.54, 1.807) is 12.1 Å². The number of para-hydroxylation sites is 1. The normalized spacial score (nSPS) is 10.0. The molecule has 7 nitrogen and oxygen atoms in total. The zero-order chi connectivity index (χ0) is 15.4. The van der Waals surface area contributed by atoms with Crippen molar-refractivity contribution in [3.05, 3.63) is 63.7 Å². The summed E-state index contributed by atoms with van der Waals surface area (Å²) in [4.78, 5) is 22.5. The summed E-state index contributed by atoms with van der Waals surface area (Å²) in [7, 11) is 0. The number of non-ortho nitro benzene ring substituents is 1. The molecule has 0 fully saturated rings. The van der Waals surface area contributed by atoms with Crippen molar-refractivity contribution < 1.29 is 9.72 Å². The first kappa shape index (κ1) is 14.5. The van der Waals surface area contributed by atoms with Crippen LogP contribution in [0.15, 0.2) is 42.5 Å². The van der Waals surface area contributed by atoms with Crippen LogP contribution in [0.4, 0.5) is 17.1 Å². The molecule has 0 spiro atoms. The second-order valence-corrected chi connectivity index (χ2v) is 4.40. The van der Waals surface area contributed by atoms with Gasteiger partial charge in [-0.3, -0.25) is 20.8 Å². The number of carbonyl (C=O) groups excluding carboxylic acids is 1. The molecule has 2 aromatic carbocycles. The van der Waals surface area contributed by atoms with Crippen molar-refractivity contribution in [2.45, 2.75) is 6.92 Å².